The third-order valence-electron chi connectivity index (χ3n) is 3.23. The van der Waals surface area contributed by atoms with Crippen molar-refractivity contribution in [1.29, 1.82) is 0 Å². The minimum atomic E-state index is -3.86. The number of para-hydroxylation sites is 1. The number of thiophene rings is 1. The Bertz CT molecular complexity index is 995. The van der Waals surface area contributed by atoms with Gasteiger partial charge in [0.15, 0.2) is 6.61 Å². The Morgan fingerprint density at radius 3 is 2.38 bits per heavy atom. The molecule has 0 unspecified atom stereocenters. The monoisotopic (exact) mass is 439 g/mol. The average molecular weight is 440 g/mol. The van der Waals surface area contributed by atoms with Crippen LogP contribution in [-0.2, 0) is 19.6 Å². The largest absolute Gasteiger partial charge is 0.452 e. The zero-order valence-electron chi connectivity index (χ0n) is 16.0. The fraction of sp³-hybridized carbons (Fsp3) is 0.278. The van der Waals surface area contributed by atoms with Crippen molar-refractivity contribution < 1.29 is 27.5 Å². The zero-order chi connectivity index (χ0) is 21.7. The van der Waals surface area contributed by atoms with E-state index in [-0.39, 0.29) is 15.5 Å². The van der Waals surface area contributed by atoms with Crippen LogP contribution in [0.15, 0.2) is 46.0 Å². The minimum absolute atomic E-state index is 0.0109. The number of esters is 1. The highest BCUT2D eigenvalue weighted by molar-refractivity contribution is 7.94. The molecule has 3 N–H and O–H groups in total. The van der Waals surface area contributed by atoms with Crippen molar-refractivity contribution in [3.63, 3.8) is 0 Å². The standard InChI is InChI=1S/C18H21N3O6S2/c1-18(2,3)20-17(24)19-14(22)11-27-16(23)12-7-4-5-8-13(12)21-29(25,26)15-9-6-10-28-15/h4-10,21H,11H2,1-3H3,(H2,19,20,22,24). The number of hydrogen-bond donors (Lipinski definition) is 3. The molecule has 0 radical (unpaired) electrons. The number of carbonyl (C=O) groups excluding carboxylic acids is 3. The van der Waals surface area contributed by atoms with Gasteiger partial charge in [0.1, 0.15) is 4.21 Å². The van der Waals surface area contributed by atoms with Crippen LogP contribution in [0.1, 0.15) is 31.1 Å². The summed E-state index contributed by atoms with van der Waals surface area (Å²) in [5, 5.41) is 6.18. The average Bonchev–Trinajstić information content (AvgIpc) is 3.13. The molecule has 2 rings (SSSR count). The number of amides is 3. The van der Waals surface area contributed by atoms with Crippen LogP contribution in [0.2, 0.25) is 0 Å². The third kappa shape index (κ3) is 6.88. The molecular formula is C18H21N3O6S2. The van der Waals surface area contributed by atoms with Crippen LogP contribution in [0.25, 0.3) is 0 Å². The first kappa shape index (κ1) is 22.4. The van der Waals surface area contributed by atoms with E-state index in [9.17, 15) is 22.8 Å². The minimum Gasteiger partial charge on any atom is -0.452 e. The van der Waals surface area contributed by atoms with Crippen molar-refractivity contribution in [2.45, 2.75) is 30.5 Å². The summed E-state index contributed by atoms with van der Waals surface area (Å²) in [7, 11) is -3.86. The van der Waals surface area contributed by atoms with Crippen LogP contribution >= 0.6 is 11.3 Å². The van der Waals surface area contributed by atoms with Crippen LogP contribution in [0.5, 0.6) is 0 Å². The second-order valence-electron chi connectivity index (χ2n) is 6.91. The van der Waals surface area contributed by atoms with Gasteiger partial charge in [-0.3, -0.25) is 14.8 Å². The molecule has 3 amide bonds. The number of anilines is 1. The number of nitrogens with one attached hydrogen (secondary N) is 3. The molecule has 0 bridgehead atoms. The SMILES string of the molecule is CC(C)(C)NC(=O)NC(=O)COC(=O)c1ccccc1NS(=O)(=O)c1cccs1. The summed E-state index contributed by atoms with van der Waals surface area (Å²) in [5.41, 5.74) is -0.601. The van der Waals surface area contributed by atoms with Crippen LogP contribution in [0, 0.1) is 0 Å². The summed E-state index contributed by atoms with van der Waals surface area (Å²) in [6.45, 7) is 4.52. The number of benzene rings is 1. The molecule has 0 aliphatic carbocycles. The first-order valence-electron chi connectivity index (χ1n) is 8.42. The van der Waals surface area contributed by atoms with Gasteiger partial charge in [0.25, 0.3) is 15.9 Å². The molecule has 9 nitrogen and oxygen atoms in total. The van der Waals surface area contributed by atoms with E-state index in [1.165, 1.54) is 24.3 Å². The number of sulfonamides is 1. The van der Waals surface area contributed by atoms with Gasteiger partial charge in [-0.05, 0) is 44.4 Å². The molecular weight excluding hydrogens is 418 g/mol. The van der Waals surface area contributed by atoms with Gasteiger partial charge in [0.2, 0.25) is 0 Å². The quantitative estimate of drug-likeness (QED) is 0.592. The lowest BCUT2D eigenvalue weighted by Crippen LogP contribution is -2.49. The normalized spacial score (nSPS) is 11.4. The summed E-state index contributed by atoms with van der Waals surface area (Å²) < 4.78 is 32.1. The van der Waals surface area contributed by atoms with Crippen LogP contribution < -0.4 is 15.4 Å². The van der Waals surface area contributed by atoms with Gasteiger partial charge in [-0.2, -0.15) is 0 Å². The van der Waals surface area contributed by atoms with Crippen molar-refractivity contribution in [1.82, 2.24) is 10.6 Å². The molecule has 29 heavy (non-hydrogen) atoms. The topological polar surface area (TPSA) is 131 Å². The Morgan fingerprint density at radius 2 is 1.76 bits per heavy atom. The maximum atomic E-state index is 12.4. The number of carbonyl (C=O) groups is 3. The van der Waals surface area contributed by atoms with Gasteiger partial charge in [0, 0.05) is 5.54 Å². The molecule has 0 saturated heterocycles. The fourth-order valence-electron chi connectivity index (χ4n) is 2.10. The third-order valence-corrected chi connectivity index (χ3v) is 5.99. The van der Waals surface area contributed by atoms with E-state index in [0.717, 1.165) is 11.3 Å². The summed E-state index contributed by atoms with van der Waals surface area (Å²) in [4.78, 5) is 35.8. The molecule has 0 aliphatic heterocycles. The molecule has 1 heterocycles. The van der Waals surface area contributed by atoms with Gasteiger partial charge >= 0.3 is 12.0 Å². The lowest BCUT2D eigenvalue weighted by Gasteiger charge is -2.20. The van der Waals surface area contributed by atoms with E-state index >= 15 is 0 Å². The van der Waals surface area contributed by atoms with E-state index in [4.69, 9.17) is 4.74 Å². The van der Waals surface area contributed by atoms with E-state index in [1.54, 1.807) is 38.3 Å². The molecule has 11 heteroatoms. The number of hydrogen-bond acceptors (Lipinski definition) is 7. The van der Waals surface area contributed by atoms with Crippen LogP contribution in [0.4, 0.5) is 10.5 Å². The lowest BCUT2D eigenvalue weighted by atomic mass is 10.1. The number of urea groups is 1. The first-order valence-corrected chi connectivity index (χ1v) is 10.8. The summed E-state index contributed by atoms with van der Waals surface area (Å²) >= 11 is 1.03. The summed E-state index contributed by atoms with van der Waals surface area (Å²) in [6.07, 6.45) is 0. The van der Waals surface area contributed by atoms with E-state index in [2.05, 4.69) is 10.0 Å². The highest BCUT2D eigenvalue weighted by Crippen LogP contribution is 2.23. The van der Waals surface area contributed by atoms with E-state index in [1.807, 2.05) is 5.32 Å². The molecule has 1 aromatic heterocycles. The number of rotatable bonds is 6. The molecule has 0 atom stereocenters. The van der Waals surface area contributed by atoms with Crippen molar-refractivity contribution in [2.75, 3.05) is 11.3 Å². The Kier molecular flexibility index (Phi) is 6.98. The van der Waals surface area contributed by atoms with Crippen molar-refractivity contribution >= 4 is 45.0 Å². The van der Waals surface area contributed by atoms with Gasteiger partial charge in [-0.1, -0.05) is 18.2 Å². The van der Waals surface area contributed by atoms with Crippen molar-refractivity contribution in [3.05, 3.63) is 47.3 Å². The van der Waals surface area contributed by atoms with E-state index < -0.39 is 40.1 Å². The predicted octanol–water partition coefficient (Wildman–Crippen LogP) is 2.33. The highest BCUT2D eigenvalue weighted by atomic mass is 32.2. The summed E-state index contributed by atoms with van der Waals surface area (Å²) in [6, 6.07) is 8.14. The van der Waals surface area contributed by atoms with Crippen LogP contribution in [0.3, 0.4) is 0 Å². The second-order valence-corrected chi connectivity index (χ2v) is 9.77. The molecule has 2 aromatic rings. The van der Waals surface area contributed by atoms with Gasteiger partial charge in [0.05, 0.1) is 11.3 Å². The van der Waals surface area contributed by atoms with Crippen molar-refractivity contribution in [3.8, 4) is 0 Å². The molecule has 0 spiro atoms. The lowest BCUT2D eigenvalue weighted by molar-refractivity contribution is -0.123. The Hall–Kier alpha value is -2.92. The maximum absolute atomic E-state index is 12.4. The maximum Gasteiger partial charge on any atom is 0.340 e. The van der Waals surface area contributed by atoms with E-state index in [0.29, 0.717) is 0 Å². The smallest absolute Gasteiger partial charge is 0.340 e. The summed E-state index contributed by atoms with van der Waals surface area (Å²) in [5.74, 6) is -1.74. The molecule has 156 valence electrons. The number of imide groups is 1. The Labute approximate surface area is 172 Å². The molecule has 1 aromatic carbocycles. The van der Waals surface area contributed by atoms with Crippen LogP contribution in [-0.4, -0.2) is 38.5 Å². The highest BCUT2D eigenvalue weighted by Gasteiger charge is 2.21. The Morgan fingerprint density at radius 1 is 1.07 bits per heavy atom. The van der Waals surface area contributed by atoms with Gasteiger partial charge < -0.3 is 10.1 Å². The molecule has 0 saturated carbocycles. The van der Waals surface area contributed by atoms with Gasteiger partial charge in [-0.25, -0.2) is 18.0 Å². The second kappa shape index (κ2) is 9.05. The fourth-order valence-corrected chi connectivity index (χ4v) is 4.18. The Balaban J connectivity index is 2.01. The number of ether oxygens (including phenoxy) is 1. The predicted molar refractivity (Wildman–Crippen MR) is 108 cm³/mol. The molecule has 0 aliphatic rings. The van der Waals surface area contributed by atoms with Gasteiger partial charge in [-0.15, -0.1) is 11.3 Å². The van der Waals surface area contributed by atoms with Crippen molar-refractivity contribution in [2.24, 2.45) is 0 Å². The zero-order valence-corrected chi connectivity index (χ0v) is 17.6. The first-order chi connectivity index (χ1) is 13.5. The molecule has 0 fully saturated rings.